The summed E-state index contributed by atoms with van der Waals surface area (Å²) in [5, 5.41) is 2.72. The summed E-state index contributed by atoms with van der Waals surface area (Å²) in [6.07, 6.45) is 1.88. The fraction of sp³-hybridized carbons (Fsp3) is 0.143. The molecule has 2 heterocycles. The van der Waals surface area contributed by atoms with E-state index in [1.54, 1.807) is 0 Å². The second-order valence-corrected chi connectivity index (χ2v) is 2.26. The van der Waals surface area contributed by atoms with Crippen molar-refractivity contribution in [3.8, 4) is 0 Å². The van der Waals surface area contributed by atoms with Crippen LogP contribution in [-0.4, -0.2) is 5.91 Å². The summed E-state index contributed by atoms with van der Waals surface area (Å²) in [5.74, 6) is 0.943. The molecule has 1 N–H and O–H groups in total. The van der Waals surface area contributed by atoms with E-state index in [9.17, 15) is 4.79 Å². The number of nitrogens with one attached hydrogen (secondary N) is 1. The van der Waals surface area contributed by atoms with Crippen molar-refractivity contribution < 1.29 is 9.36 Å². The monoisotopic (exact) mass is 135 g/mol. The van der Waals surface area contributed by atoms with Crippen molar-refractivity contribution in [2.24, 2.45) is 0 Å². The van der Waals surface area contributed by atoms with E-state index >= 15 is 0 Å². The summed E-state index contributed by atoms with van der Waals surface area (Å²) in [6, 6.07) is 5.69. The van der Waals surface area contributed by atoms with Crippen molar-refractivity contribution in [1.29, 1.82) is 0 Å². The molecule has 0 spiro atoms. The van der Waals surface area contributed by atoms with E-state index in [0.717, 1.165) is 5.82 Å². The molecule has 0 aromatic carbocycles. The maximum atomic E-state index is 10.8. The minimum atomic E-state index is 0.0613. The van der Waals surface area contributed by atoms with Crippen LogP contribution >= 0.6 is 0 Å². The van der Waals surface area contributed by atoms with Gasteiger partial charge in [0.2, 0.25) is 0 Å². The Kier molecular flexibility index (Phi) is 0.974. The van der Waals surface area contributed by atoms with Crippen LogP contribution in [-0.2, 0) is 11.3 Å². The number of fused-ring (bicyclic) bond motifs is 1. The first-order valence-electron chi connectivity index (χ1n) is 3.14. The van der Waals surface area contributed by atoms with Gasteiger partial charge in [-0.2, -0.15) is 0 Å². The van der Waals surface area contributed by atoms with Gasteiger partial charge in [-0.25, -0.2) is 14.7 Å². The lowest BCUT2D eigenvalue weighted by Gasteiger charge is -1.87. The Morgan fingerprint density at radius 2 is 2.40 bits per heavy atom. The number of anilines is 1. The van der Waals surface area contributed by atoms with Gasteiger partial charge in [0.1, 0.15) is 0 Å². The molecule has 3 nitrogen and oxygen atoms in total. The van der Waals surface area contributed by atoms with Crippen molar-refractivity contribution in [2.75, 3.05) is 5.32 Å². The van der Waals surface area contributed by atoms with Gasteiger partial charge in [-0.15, -0.1) is 0 Å². The number of pyridine rings is 1. The molecular weight excluding hydrogens is 128 g/mol. The minimum Gasteiger partial charge on any atom is -0.242 e. The molecule has 0 saturated heterocycles. The number of aromatic nitrogens is 1. The first-order valence-corrected chi connectivity index (χ1v) is 3.14. The molecule has 1 aromatic rings. The normalized spacial score (nSPS) is 14.6. The van der Waals surface area contributed by atoms with Gasteiger partial charge in [-0.1, -0.05) is 6.07 Å². The number of hydrogen-bond acceptors (Lipinski definition) is 1. The molecule has 0 bridgehead atoms. The second kappa shape index (κ2) is 1.80. The van der Waals surface area contributed by atoms with Crippen LogP contribution in [0, 0.1) is 0 Å². The summed E-state index contributed by atoms with van der Waals surface area (Å²) >= 11 is 0. The summed E-state index contributed by atoms with van der Waals surface area (Å²) in [5.41, 5.74) is 0. The smallest absolute Gasteiger partial charge is 0.242 e. The Balaban J connectivity index is 2.51. The molecule has 1 aromatic heterocycles. The van der Waals surface area contributed by atoms with E-state index in [1.807, 2.05) is 29.0 Å². The summed E-state index contributed by atoms with van der Waals surface area (Å²) in [6.45, 7) is 0.455. The summed E-state index contributed by atoms with van der Waals surface area (Å²) in [4.78, 5) is 10.8. The van der Waals surface area contributed by atoms with Crippen LogP contribution in [0.5, 0.6) is 0 Å². The molecule has 50 valence electrons. The molecule has 0 fully saturated rings. The Morgan fingerprint density at radius 3 is 3.20 bits per heavy atom. The van der Waals surface area contributed by atoms with Gasteiger partial charge in [0.15, 0.2) is 6.54 Å². The van der Waals surface area contributed by atoms with Crippen molar-refractivity contribution in [2.45, 2.75) is 6.54 Å². The van der Waals surface area contributed by atoms with Crippen LogP contribution in [0.1, 0.15) is 0 Å². The lowest BCUT2D eigenvalue weighted by Crippen LogP contribution is -2.30. The SMILES string of the molecule is O=C1C[n+]2ccccc2N1. The maximum Gasteiger partial charge on any atom is 0.349 e. The molecule has 1 aliphatic rings. The van der Waals surface area contributed by atoms with Crippen LogP contribution in [0.4, 0.5) is 5.82 Å². The highest BCUT2D eigenvalue weighted by Gasteiger charge is 2.23. The van der Waals surface area contributed by atoms with Gasteiger partial charge in [-0.3, -0.25) is 0 Å². The average Bonchev–Trinajstić information content (AvgIpc) is 2.27. The van der Waals surface area contributed by atoms with Crippen molar-refractivity contribution in [1.82, 2.24) is 0 Å². The van der Waals surface area contributed by atoms with Gasteiger partial charge < -0.3 is 0 Å². The molecule has 1 amide bonds. The van der Waals surface area contributed by atoms with Gasteiger partial charge >= 0.3 is 5.91 Å². The molecule has 10 heavy (non-hydrogen) atoms. The molecule has 0 atom stereocenters. The van der Waals surface area contributed by atoms with E-state index < -0.39 is 0 Å². The van der Waals surface area contributed by atoms with E-state index in [-0.39, 0.29) is 5.91 Å². The number of nitrogens with zero attached hydrogens (tertiary/aromatic N) is 1. The molecule has 3 heteroatoms. The molecule has 1 aliphatic heterocycles. The minimum absolute atomic E-state index is 0.0613. The highest BCUT2D eigenvalue weighted by molar-refractivity contribution is 5.90. The largest absolute Gasteiger partial charge is 0.349 e. The van der Waals surface area contributed by atoms with Crippen molar-refractivity contribution >= 4 is 11.7 Å². The quantitative estimate of drug-likeness (QED) is 0.496. The lowest BCUT2D eigenvalue weighted by molar-refractivity contribution is -0.663. The molecule has 2 rings (SSSR count). The number of hydrogen-bond donors (Lipinski definition) is 1. The van der Waals surface area contributed by atoms with E-state index in [4.69, 9.17) is 0 Å². The van der Waals surface area contributed by atoms with Crippen LogP contribution in [0.2, 0.25) is 0 Å². The summed E-state index contributed by atoms with van der Waals surface area (Å²) in [7, 11) is 0. The standard InChI is InChI=1S/C7H6N2O/c10-7-5-9-4-2-1-3-6(9)8-7/h1-4H,5H2/p+1. The predicted molar refractivity (Wildman–Crippen MR) is 35.3 cm³/mol. The maximum absolute atomic E-state index is 10.8. The molecule has 0 unspecified atom stereocenters. The fourth-order valence-electron chi connectivity index (χ4n) is 1.06. The first-order chi connectivity index (χ1) is 4.86. The van der Waals surface area contributed by atoms with Gasteiger partial charge in [0.05, 0.1) is 6.20 Å². The van der Waals surface area contributed by atoms with Gasteiger partial charge in [-0.05, 0) is 6.07 Å². The van der Waals surface area contributed by atoms with Crippen molar-refractivity contribution in [3.05, 3.63) is 24.4 Å². The van der Waals surface area contributed by atoms with Gasteiger partial charge in [0.25, 0.3) is 5.82 Å². The van der Waals surface area contributed by atoms with Gasteiger partial charge in [0, 0.05) is 6.07 Å². The van der Waals surface area contributed by atoms with Crippen LogP contribution < -0.4 is 9.88 Å². The number of amides is 1. The number of rotatable bonds is 0. The van der Waals surface area contributed by atoms with Crippen molar-refractivity contribution in [3.63, 3.8) is 0 Å². The topological polar surface area (TPSA) is 33.0 Å². The Hall–Kier alpha value is -1.38. The highest BCUT2D eigenvalue weighted by atomic mass is 16.2. The van der Waals surface area contributed by atoms with E-state index in [1.165, 1.54) is 0 Å². The Bertz CT molecular complexity index is 256. The van der Waals surface area contributed by atoms with Crippen LogP contribution in [0.25, 0.3) is 0 Å². The molecule has 0 aliphatic carbocycles. The fourth-order valence-corrected chi connectivity index (χ4v) is 1.06. The Morgan fingerprint density at radius 1 is 1.50 bits per heavy atom. The highest BCUT2D eigenvalue weighted by Crippen LogP contribution is 2.02. The number of carbonyl (C=O) groups excluding carboxylic acids is 1. The third-order valence-corrected chi connectivity index (χ3v) is 1.52. The molecule has 0 radical (unpaired) electrons. The predicted octanol–water partition coefficient (Wildman–Crippen LogP) is -0.0738. The van der Waals surface area contributed by atoms with E-state index in [0.29, 0.717) is 6.54 Å². The van der Waals surface area contributed by atoms with Crippen LogP contribution in [0.15, 0.2) is 24.4 Å². The zero-order chi connectivity index (χ0) is 6.97. The first kappa shape index (κ1) is 5.41. The number of carbonyl (C=O) groups is 1. The second-order valence-electron chi connectivity index (χ2n) is 2.26. The Labute approximate surface area is 58.3 Å². The third-order valence-electron chi connectivity index (χ3n) is 1.52. The van der Waals surface area contributed by atoms with E-state index in [2.05, 4.69) is 5.32 Å². The lowest BCUT2D eigenvalue weighted by atomic mass is 10.5. The summed E-state index contributed by atoms with van der Waals surface area (Å²) < 4.78 is 1.88. The molecular formula is C7H7N2O+. The zero-order valence-electron chi connectivity index (χ0n) is 5.37. The zero-order valence-corrected chi connectivity index (χ0v) is 5.37. The average molecular weight is 135 g/mol. The van der Waals surface area contributed by atoms with Crippen LogP contribution in [0.3, 0.4) is 0 Å². The molecule has 0 saturated carbocycles. The third kappa shape index (κ3) is 0.673.